The standard InChI is InChI=1S/C15H18N2O5/c1-4-9(13(18)19)17-10-6-12-11(21-7-22-12)5-8(10)16-15(2,3)14(17)20/h5-6,9,16H,4,7H2,1-3H3,(H,18,19). The maximum atomic E-state index is 12.7. The summed E-state index contributed by atoms with van der Waals surface area (Å²) in [5.74, 6) is -0.219. The molecular weight excluding hydrogens is 288 g/mol. The average molecular weight is 306 g/mol. The lowest BCUT2D eigenvalue weighted by Crippen LogP contribution is -2.58. The Hall–Kier alpha value is -2.44. The third-order valence-corrected chi connectivity index (χ3v) is 3.93. The molecule has 2 aliphatic rings. The first-order chi connectivity index (χ1) is 10.3. The molecule has 7 nitrogen and oxygen atoms in total. The fraction of sp³-hybridized carbons (Fsp3) is 0.467. The topological polar surface area (TPSA) is 88.1 Å². The monoisotopic (exact) mass is 306 g/mol. The lowest BCUT2D eigenvalue weighted by molar-refractivity contribution is -0.140. The molecule has 1 amide bonds. The molecule has 0 saturated carbocycles. The zero-order chi connectivity index (χ0) is 16.1. The van der Waals surface area contributed by atoms with E-state index >= 15 is 0 Å². The number of carboxylic acids is 1. The van der Waals surface area contributed by atoms with Gasteiger partial charge in [0.1, 0.15) is 11.6 Å². The van der Waals surface area contributed by atoms with Gasteiger partial charge in [-0.25, -0.2) is 4.79 Å². The summed E-state index contributed by atoms with van der Waals surface area (Å²) >= 11 is 0. The number of amides is 1. The minimum atomic E-state index is -1.03. The molecule has 0 fully saturated rings. The number of carbonyl (C=O) groups is 2. The van der Waals surface area contributed by atoms with Gasteiger partial charge in [0.25, 0.3) is 5.91 Å². The second-order valence-electron chi connectivity index (χ2n) is 5.91. The number of fused-ring (bicyclic) bond motifs is 2. The number of ether oxygens (including phenoxy) is 2. The van der Waals surface area contributed by atoms with Crippen molar-refractivity contribution in [3.63, 3.8) is 0 Å². The van der Waals surface area contributed by atoms with E-state index in [0.29, 0.717) is 29.3 Å². The molecule has 2 aliphatic heterocycles. The predicted octanol–water partition coefficient (Wildman–Crippen LogP) is 1.82. The number of nitrogens with one attached hydrogen (secondary N) is 1. The van der Waals surface area contributed by atoms with Crippen LogP contribution in [0.5, 0.6) is 11.5 Å². The molecule has 0 bridgehead atoms. The van der Waals surface area contributed by atoms with Gasteiger partial charge in [-0.05, 0) is 20.3 Å². The number of nitrogens with zero attached hydrogens (tertiary/aromatic N) is 1. The fourth-order valence-corrected chi connectivity index (χ4v) is 2.81. The number of anilines is 2. The lowest BCUT2D eigenvalue weighted by Gasteiger charge is -2.42. The molecule has 22 heavy (non-hydrogen) atoms. The van der Waals surface area contributed by atoms with Crippen molar-refractivity contribution in [2.75, 3.05) is 17.0 Å². The quantitative estimate of drug-likeness (QED) is 0.885. The van der Waals surface area contributed by atoms with E-state index in [2.05, 4.69) is 5.32 Å². The van der Waals surface area contributed by atoms with Gasteiger partial charge < -0.3 is 19.9 Å². The average Bonchev–Trinajstić information content (AvgIpc) is 2.88. The van der Waals surface area contributed by atoms with Gasteiger partial charge in [0.15, 0.2) is 11.5 Å². The molecule has 3 rings (SSSR count). The molecule has 0 aromatic heterocycles. The van der Waals surface area contributed by atoms with E-state index in [1.54, 1.807) is 32.9 Å². The smallest absolute Gasteiger partial charge is 0.326 e. The summed E-state index contributed by atoms with van der Waals surface area (Å²) in [5.41, 5.74) is 0.264. The number of rotatable bonds is 3. The Bertz CT molecular complexity index is 656. The number of hydrogen-bond donors (Lipinski definition) is 2. The van der Waals surface area contributed by atoms with Crippen molar-refractivity contribution in [2.24, 2.45) is 0 Å². The summed E-state index contributed by atoms with van der Waals surface area (Å²) in [6, 6.07) is 2.48. The second kappa shape index (κ2) is 4.79. The minimum absolute atomic E-state index is 0.117. The Morgan fingerprint density at radius 1 is 1.41 bits per heavy atom. The maximum absolute atomic E-state index is 12.7. The van der Waals surface area contributed by atoms with Crippen LogP contribution in [-0.2, 0) is 9.59 Å². The zero-order valence-electron chi connectivity index (χ0n) is 12.7. The number of carboxylic acid groups (broad SMARTS) is 1. The van der Waals surface area contributed by atoms with Crippen molar-refractivity contribution in [2.45, 2.75) is 38.8 Å². The Kier molecular flexibility index (Phi) is 3.16. The van der Waals surface area contributed by atoms with E-state index in [9.17, 15) is 14.7 Å². The fourth-order valence-electron chi connectivity index (χ4n) is 2.81. The summed E-state index contributed by atoms with van der Waals surface area (Å²) in [6.45, 7) is 5.31. The van der Waals surface area contributed by atoms with E-state index in [4.69, 9.17) is 9.47 Å². The van der Waals surface area contributed by atoms with E-state index < -0.39 is 17.6 Å². The number of carbonyl (C=O) groups excluding carboxylic acids is 1. The van der Waals surface area contributed by atoms with Crippen LogP contribution < -0.4 is 19.7 Å². The molecule has 1 unspecified atom stereocenters. The van der Waals surface area contributed by atoms with Crippen LogP contribution in [0.1, 0.15) is 27.2 Å². The molecule has 2 heterocycles. The number of benzene rings is 1. The third-order valence-electron chi connectivity index (χ3n) is 3.93. The van der Waals surface area contributed by atoms with Crippen LogP contribution in [0.3, 0.4) is 0 Å². The molecule has 1 aromatic carbocycles. The Balaban J connectivity index is 2.17. The van der Waals surface area contributed by atoms with Gasteiger partial charge in [-0.1, -0.05) is 6.92 Å². The van der Waals surface area contributed by atoms with Crippen LogP contribution in [0.25, 0.3) is 0 Å². The van der Waals surface area contributed by atoms with E-state index in [0.717, 1.165) is 0 Å². The zero-order valence-corrected chi connectivity index (χ0v) is 12.7. The van der Waals surface area contributed by atoms with E-state index in [1.165, 1.54) is 4.90 Å². The van der Waals surface area contributed by atoms with Gasteiger partial charge in [0.2, 0.25) is 6.79 Å². The summed E-state index contributed by atoms with van der Waals surface area (Å²) in [5, 5.41) is 12.6. The van der Waals surface area contributed by atoms with E-state index in [1.807, 2.05) is 0 Å². The molecule has 0 radical (unpaired) electrons. The Morgan fingerprint density at radius 3 is 2.64 bits per heavy atom. The molecule has 2 N–H and O–H groups in total. The Morgan fingerprint density at radius 2 is 2.05 bits per heavy atom. The third kappa shape index (κ3) is 2.04. The Labute approximate surface area is 127 Å². The molecule has 118 valence electrons. The van der Waals surface area contributed by atoms with Gasteiger partial charge in [0.05, 0.1) is 11.4 Å². The van der Waals surface area contributed by atoms with Crippen LogP contribution in [0.2, 0.25) is 0 Å². The van der Waals surface area contributed by atoms with Crippen molar-refractivity contribution >= 4 is 23.3 Å². The predicted molar refractivity (Wildman–Crippen MR) is 79.5 cm³/mol. The minimum Gasteiger partial charge on any atom is -0.480 e. The highest BCUT2D eigenvalue weighted by Crippen LogP contribution is 2.45. The summed E-state index contributed by atoms with van der Waals surface area (Å²) in [6.07, 6.45) is 0.311. The normalized spacial score (nSPS) is 19.4. The molecule has 7 heteroatoms. The van der Waals surface area contributed by atoms with Gasteiger partial charge in [0, 0.05) is 12.1 Å². The van der Waals surface area contributed by atoms with E-state index in [-0.39, 0.29) is 12.7 Å². The van der Waals surface area contributed by atoms with Crippen molar-refractivity contribution in [1.82, 2.24) is 0 Å². The molecule has 0 spiro atoms. The summed E-state index contributed by atoms with van der Waals surface area (Å²) in [4.78, 5) is 25.6. The summed E-state index contributed by atoms with van der Waals surface area (Å²) < 4.78 is 10.7. The first-order valence-corrected chi connectivity index (χ1v) is 7.13. The molecule has 0 aliphatic carbocycles. The highest BCUT2D eigenvalue weighted by molar-refractivity contribution is 6.10. The van der Waals surface area contributed by atoms with Crippen molar-refractivity contribution in [3.8, 4) is 11.5 Å². The highest BCUT2D eigenvalue weighted by atomic mass is 16.7. The van der Waals surface area contributed by atoms with Crippen LogP contribution in [0, 0.1) is 0 Å². The summed E-state index contributed by atoms with van der Waals surface area (Å²) in [7, 11) is 0. The van der Waals surface area contributed by atoms with Crippen molar-refractivity contribution in [3.05, 3.63) is 12.1 Å². The first kappa shape index (κ1) is 14.5. The van der Waals surface area contributed by atoms with Crippen molar-refractivity contribution in [1.29, 1.82) is 0 Å². The van der Waals surface area contributed by atoms with Gasteiger partial charge in [-0.15, -0.1) is 0 Å². The molecule has 1 atom stereocenters. The maximum Gasteiger partial charge on any atom is 0.326 e. The lowest BCUT2D eigenvalue weighted by atomic mass is 9.95. The highest BCUT2D eigenvalue weighted by Gasteiger charge is 2.44. The van der Waals surface area contributed by atoms with Gasteiger partial charge >= 0.3 is 5.97 Å². The van der Waals surface area contributed by atoms with Crippen molar-refractivity contribution < 1.29 is 24.2 Å². The van der Waals surface area contributed by atoms with Crippen LogP contribution in [0.15, 0.2) is 12.1 Å². The van der Waals surface area contributed by atoms with Crippen LogP contribution in [-0.4, -0.2) is 35.4 Å². The molecule has 0 saturated heterocycles. The van der Waals surface area contributed by atoms with Gasteiger partial charge in [-0.2, -0.15) is 0 Å². The van der Waals surface area contributed by atoms with Gasteiger partial charge in [-0.3, -0.25) is 9.69 Å². The SMILES string of the molecule is CCC(C(=O)O)N1C(=O)C(C)(C)Nc2cc3c(cc21)OCO3. The van der Waals surface area contributed by atoms with Crippen LogP contribution >= 0.6 is 0 Å². The number of hydrogen-bond acceptors (Lipinski definition) is 5. The first-order valence-electron chi connectivity index (χ1n) is 7.13. The largest absolute Gasteiger partial charge is 0.480 e. The second-order valence-corrected chi connectivity index (χ2v) is 5.91. The molecule has 1 aromatic rings. The van der Waals surface area contributed by atoms with Crippen LogP contribution in [0.4, 0.5) is 11.4 Å². The molecular formula is C15H18N2O5. The number of aliphatic carboxylic acids is 1.